The first-order chi connectivity index (χ1) is 12.7. The van der Waals surface area contributed by atoms with Crippen molar-refractivity contribution >= 4 is 17.7 Å². The van der Waals surface area contributed by atoms with Crippen molar-refractivity contribution in [2.45, 2.75) is 17.7 Å². The highest BCUT2D eigenvalue weighted by atomic mass is 32.2. The monoisotopic (exact) mass is 363 g/mol. The van der Waals surface area contributed by atoms with E-state index in [2.05, 4.69) is 31.2 Å². The largest absolute Gasteiger partial charge is 0.289 e. The first-order valence-electron chi connectivity index (χ1n) is 8.55. The first kappa shape index (κ1) is 18.2. The molecule has 1 amide bonds. The molecule has 0 aliphatic carbocycles. The Kier molecular flexibility index (Phi) is 6.10. The number of thioether (sulfide) groups is 1. The Hall–Kier alpha value is -2.56. The molecule has 0 saturated heterocycles. The number of amides is 1. The third-order valence-electron chi connectivity index (χ3n) is 4.22. The maximum absolute atomic E-state index is 12.3. The zero-order valence-corrected chi connectivity index (χ0v) is 15.4. The molecule has 0 heterocycles. The van der Waals surface area contributed by atoms with E-state index in [0.29, 0.717) is 0 Å². The maximum atomic E-state index is 12.3. The Morgan fingerprint density at radius 1 is 0.923 bits per heavy atom. The van der Waals surface area contributed by atoms with E-state index >= 15 is 0 Å². The zero-order valence-electron chi connectivity index (χ0n) is 14.6. The standard InChI is InChI=1S/C22H21NO2S/c1-2-26-20-13-11-16(12-14-20)18-9-6-10-19(15-18)21(22(24)23-25)17-7-4-3-5-8-17/h3-15,21,25H,2H2,1H3,(H,23,24). The van der Waals surface area contributed by atoms with Crippen molar-refractivity contribution in [1.82, 2.24) is 5.48 Å². The van der Waals surface area contributed by atoms with Gasteiger partial charge in [-0.3, -0.25) is 10.0 Å². The van der Waals surface area contributed by atoms with Gasteiger partial charge in [0.25, 0.3) is 5.91 Å². The van der Waals surface area contributed by atoms with E-state index in [9.17, 15) is 10.0 Å². The zero-order chi connectivity index (χ0) is 18.4. The number of nitrogens with one attached hydrogen (secondary N) is 1. The highest BCUT2D eigenvalue weighted by molar-refractivity contribution is 7.99. The predicted molar refractivity (Wildman–Crippen MR) is 106 cm³/mol. The van der Waals surface area contributed by atoms with Gasteiger partial charge in [0.1, 0.15) is 0 Å². The number of hydroxylamine groups is 1. The van der Waals surface area contributed by atoms with Gasteiger partial charge < -0.3 is 0 Å². The van der Waals surface area contributed by atoms with Crippen molar-refractivity contribution in [2.75, 3.05) is 5.75 Å². The van der Waals surface area contributed by atoms with E-state index in [-0.39, 0.29) is 0 Å². The van der Waals surface area contributed by atoms with Crippen molar-refractivity contribution in [3.05, 3.63) is 90.0 Å². The van der Waals surface area contributed by atoms with E-state index in [0.717, 1.165) is 28.0 Å². The molecule has 0 aliphatic rings. The summed E-state index contributed by atoms with van der Waals surface area (Å²) in [5, 5.41) is 9.19. The van der Waals surface area contributed by atoms with Crippen LogP contribution in [-0.2, 0) is 4.79 Å². The molecule has 3 aromatic rings. The molecule has 1 unspecified atom stereocenters. The van der Waals surface area contributed by atoms with Crippen molar-refractivity contribution in [2.24, 2.45) is 0 Å². The molecule has 0 radical (unpaired) electrons. The minimum Gasteiger partial charge on any atom is -0.289 e. The lowest BCUT2D eigenvalue weighted by Crippen LogP contribution is -2.27. The Bertz CT molecular complexity index is 863. The number of hydrogen-bond donors (Lipinski definition) is 2. The van der Waals surface area contributed by atoms with Gasteiger partial charge in [-0.25, -0.2) is 5.48 Å². The molecule has 0 spiro atoms. The SMILES string of the molecule is CCSc1ccc(-c2cccc(C(C(=O)NO)c3ccccc3)c2)cc1. The summed E-state index contributed by atoms with van der Waals surface area (Å²) in [7, 11) is 0. The molecule has 0 bridgehead atoms. The molecule has 0 aromatic heterocycles. The van der Waals surface area contributed by atoms with Gasteiger partial charge in [-0.1, -0.05) is 73.7 Å². The molecule has 0 aliphatic heterocycles. The number of hydrogen-bond acceptors (Lipinski definition) is 3. The summed E-state index contributed by atoms with van der Waals surface area (Å²) < 4.78 is 0. The van der Waals surface area contributed by atoms with Crippen LogP contribution >= 0.6 is 11.8 Å². The fourth-order valence-corrected chi connectivity index (χ4v) is 3.68. The van der Waals surface area contributed by atoms with Crippen LogP contribution in [0.3, 0.4) is 0 Å². The summed E-state index contributed by atoms with van der Waals surface area (Å²) in [5.41, 5.74) is 5.62. The summed E-state index contributed by atoms with van der Waals surface area (Å²) in [4.78, 5) is 13.6. The van der Waals surface area contributed by atoms with Crippen LogP contribution in [0.15, 0.2) is 83.8 Å². The summed E-state index contributed by atoms with van der Waals surface area (Å²) in [6.07, 6.45) is 0. The normalized spacial score (nSPS) is 11.8. The van der Waals surface area contributed by atoms with Crippen LogP contribution in [0.4, 0.5) is 0 Å². The van der Waals surface area contributed by atoms with Gasteiger partial charge in [-0.05, 0) is 40.1 Å². The molecule has 3 aromatic carbocycles. The lowest BCUT2D eigenvalue weighted by Gasteiger charge is -2.17. The van der Waals surface area contributed by atoms with Crippen LogP contribution in [-0.4, -0.2) is 16.9 Å². The van der Waals surface area contributed by atoms with Crippen molar-refractivity contribution in [1.29, 1.82) is 0 Å². The van der Waals surface area contributed by atoms with Gasteiger partial charge in [0.15, 0.2) is 0 Å². The molecule has 2 N–H and O–H groups in total. The summed E-state index contributed by atoms with van der Waals surface area (Å²) in [5.74, 6) is 0.0447. The van der Waals surface area contributed by atoms with Crippen LogP contribution < -0.4 is 5.48 Å². The molecule has 1 atom stereocenters. The average molecular weight is 363 g/mol. The van der Waals surface area contributed by atoms with Crippen LogP contribution in [0.25, 0.3) is 11.1 Å². The number of carbonyl (C=O) groups is 1. The average Bonchev–Trinajstić information content (AvgIpc) is 2.70. The Labute approximate surface area is 158 Å². The smallest absolute Gasteiger partial charge is 0.255 e. The van der Waals surface area contributed by atoms with Gasteiger partial charge in [-0.2, -0.15) is 0 Å². The maximum Gasteiger partial charge on any atom is 0.255 e. The molecular formula is C22H21NO2S. The minimum atomic E-state index is -0.559. The van der Waals surface area contributed by atoms with Crippen LogP contribution in [0.1, 0.15) is 24.0 Å². The quantitative estimate of drug-likeness (QED) is 0.364. The number of rotatable bonds is 6. The summed E-state index contributed by atoms with van der Waals surface area (Å²) in [6.45, 7) is 2.14. The predicted octanol–water partition coefficient (Wildman–Crippen LogP) is 5.10. The summed E-state index contributed by atoms with van der Waals surface area (Å²) in [6, 6.07) is 25.8. The third-order valence-corrected chi connectivity index (χ3v) is 5.12. The molecule has 26 heavy (non-hydrogen) atoms. The van der Waals surface area contributed by atoms with E-state index < -0.39 is 11.8 Å². The van der Waals surface area contributed by atoms with Gasteiger partial charge >= 0.3 is 0 Å². The lowest BCUT2D eigenvalue weighted by molar-refractivity contribution is -0.129. The molecule has 3 nitrogen and oxygen atoms in total. The minimum absolute atomic E-state index is 0.442. The van der Waals surface area contributed by atoms with Crippen molar-refractivity contribution < 1.29 is 10.0 Å². The van der Waals surface area contributed by atoms with Crippen LogP contribution in [0.2, 0.25) is 0 Å². The third kappa shape index (κ3) is 4.15. The summed E-state index contributed by atoms with van der Waals surface area (Å²) >= 11 is 1.81. The van der Waals surface area contributed by atoms with E-state index in [4.69, 9.17) is 0 Å². The molecular weight excluding hydrogens is 342 g/mol. The number of benzene rings is 3. The van der Waals surface area contributed by atoms with Gasteiger partial charge in [-0.15, -0.1) is 11.8 Å². The molecule has 0 fully saturated rings. The fraction of sp³-hybridized carbons (Fsp3) is 0.136. The molecule has 3 rings (SSSR count). The second kappa shape index (κ2) is 8.70. The molecule has 0 saturated carbocycles. The second-order valence-corrected chi connectivity index (χ2v) is 7.24. The topological polar surface area (TPSA) is 49.3 Å². The van der Waals surface area contributed by atoms with Crippen LogP contribution in [0.5, 0.6) is 0 Å². The highest BCUT2D eigenvalue weighted by Crippen LogP contribution is 2.30. The Morgan fingerprint density at radius 3 is 2.27 bits per heavy atom. The fourth-order valence-electron chi connectivity index (χ4n) is 3.01. The van der Waals surface area contributed by atoms with Crippen molar-refractivity contribution in [3.63, 3.8) is 0 Å². The van der Waals surface area contributed by atoms with Gasteiger partial charge in [0.2, 0.25) is 0 Å². The lowest BCUT2D eigenvalue weighted by atomic mass is 9.89. The van der Waals surface area contributed by atoms with Crippen molar-refractivity contribution in [3.8, 4) is 11.1 Å². The molecule has 132 valence electrons. The van der Waals surface area contributed by atoms with Gasteiger partial charge in [0.05, 0.1) is 5.92 Å². The van der Waals surface area contributed by atoms with E-state index in [1.165, 1.54) is 4.90 Å². The number of carbonyl (C=O) groups excluding carboxylic acids is 1. The first-order valence-corrected chi connectivity index (χ1v) is 9.53. The second-order valence-electron chi connectivity index (χ2n) is 5.90. The highest BCUT2D eigenvalue weighted by Gasteiger charge is 2.22. The van der Waals surface area contributed by atoms with Gasteiger partial charge in [0, 0.05) is 4.90 Å². The Morgan fingerprint density at radius 2 is 1.62 bits per heavy atom. The Balaban J connectivity index is 1.97. The van der Waals surface area contributed by atoms with E-state index in [1.54, 1.807) is 5.48 Å². The molecule has 4 heteroatoms. The van der Waals surface area contributed by atoms with E-state index in [1.807, 2.05) is 66.4 Å². The van der Waals surface area contributed by atoms with Crippen LogP contribution in [0, 0.1) is 0 Å².